The van der Waals surface area contributed by atoms with E-state index < -0.39 is 5.97 Å². The predicted octanol–water partition coefficient (Wildman–Crippen LogP) is 0.500. The van der Waals surface area contributed by atoms with Crippen LogP contribution in [0.2, 0.25) is 0 Å². The molecular weight excluding hydrogens is 160 g/mol. The van der Waals surface area contributed by atoms with Crippen molar-refractivity contribution in [2.24, 2.45) is 0 Å². The Morgan fingerprint density at radius 1 is 1.67 bits per heavy atom. The Balaban J connectivity index is 2.92. The average molecular weight is 168 g/mol. The smallest absolute Gasteiger partial charge is 0.335 e. The van der Waals surface area contributed by atoms with E-state index in [2.05, 4.69) is 0 Å². The number of allylic oxidation sites excluding steroid dienone is 2. The zero-order chi connectivity index (χ0) is 9.14. The molecule has 0 amide bonds. The lowest BCUT2D eigenvalue weighted by Gasteiger charge is -2.08. The topological polar surface area (TPSA) is 63.6 Å². The molecule has 0 aliphatic heterocycles. The van der Waals surface area contributed by atoms with Crippen molar-refractivity contribution in [2.45, 2.75) is 6.42 Å². The van der Waals surface area contributed by atoms with Gasteiger partial charge in [0.25, 0.3) is 0 Å². The van der Waals surface area contributed by atoms with Gasteiger partial charge in [0.05, 0.1) is 12.7 Å². The van der Waals surface area contributed by atoms with Crippen molar-refractivity contribution in [3.63, 3.8) is 0 Å². The van der Waals surface area contributed by atoms with Gasteiger partial charge in [-0.1, -0.05) is 6.08 Å². The van der Waals surface area contributed by atoms with E-state index in [0.29, 0.717) is 0 Å². The third-order valence-electron chi connectivity index (χ3n) is 1.54. The van der Waals surface area contributed by atoms with Gasteiger partial charge in [-0.3, -0.25) is 4.79 Å². The lowest BCUT2D eigenvalue weighted by molar-refractivity contribution is -0.132. The standard InChI is InChI=1S/C8H8O4/c1-12-7-4-5(8(10)11)2-3-6(7)9/h2,4H,3H2,1H3,(H,10,11). The van der Waals surface area contributed by atoms with E-state index in [1.165, 1.54) is 19.3 Å². The minimum atomic E-state index is -1.04. The van der Waals surface area contributed by atoms with Crippen LogP contribution in [0.5, 0.6) is 0 Å². The van der Waals surface area contributed by atoms with Crippen LogP contribution in [0.15, 0.2) is 23.5 Å². The van der Waals surface area contributed by atoms with Crippen LogP contribution in [0.25, 0.3) is 0 Å². The predicted molar refractivity (Wildman–Crippen MR) is 40.4 cm³/mol. The van der Waals surface area contributed by atoms with Crippen molar-refractivity contribution in [3.8, 4) is 0 Å². The highest BCUT2D eigenvalue weighted by atomic mass is 16.5. The van der Waals surface area contributed by atoms with Crippen molar-refractivity contribution in [1.29, 1.82) is 0 Å². The Hall–Kier alpha value is -1.58. The van der Waals surface area contributed by atoms with Crippen LogP contribution < -0.4 is 0 Å². The molecule has 12 heavy (non-hydrogen) atoms. The van der Waals surface area contributed by atoms with Gasteiger partial charge >= 0.3 is 5.97 Å². The van der Waals surface area contributed by atoms with Crippen molar-refractivity contribution in [1.82, 2.24) is 0 Å². The third-order valence-corrected chi connectivity index (χ3v) is 1.54. The Labute approximate surface area is 69.1 Å². The molecule has 0 spiro atoms. The van der Waals surface area contributed by atoms with E-state index in [-0.39, 0.29) is 23.5 Å². The summed E-state index contributed by atoms with van der Waals surface area (Å²) in [5.41, 5.74) is 0.103. The first kappa shape index (κ1) is 8.52. The van der Waals surface area contributed by atoms with Gasteiger partial charge in [0.15, 0.2) is 5.76 Å². The molecule has 0 bridgehead atoms. The summed E-state index contributed by atoms with van der Waals surface area (Å²) in [4.78, 5) is 21.4. The number of aliphatic carboxylic acids is 1. The number of carboxylic acids is 1. The van der Waals surface area contributed by atoms with Crippen LogP contribution in [0.4, 0.5) is 0 Å². The molecular formula is C8H8O4. The highest BCUT2D eigenvalue weighted by molar-refractivity contribution is 6.01. The summed E-state index contributed by atoms with van der Waals surface area (Å²) in [5, 5.41) is 8.56. The monoisotopic (exact) mass is 168 g/mol. The van der Waals surface area contributed by atoms with Crippen LogP contribution in [-0.4, -0.2) is 24.0 Å². The van der Waals surface area contributed by atoms with E-state index in [0.717, 1.165) is 0 Å². The summed E-state index contributed by atoms with van der Waals surface area (Å²) in [5.74, 6) is -1.13. The van der Waals surface area contributed by atoms with Gasteiger partial charge < -0.3 is 9.84 Å². The molecule has 0 aromatic carbocycles. The fourth-order valence-corrected chi connectivity index (χ4v) is 0.906. The zero-order valence-corrected chi connectivity index (χ0v) is 6.53. The molecule has 0 fully saturated rings. The van der Waals surface area contributed by atoms with E-state index in [4.69, 9.17) is 9.84 Å². The van der Waals surface area contributed by atoms with Gasteiger partial charge in [-0.05, 0) is 6.08 Å². The van der Waals surface area contributed by atoms with Crippen molar-refractivity contribution < 1.29 is 19.4 Å². The highest BCUT2D eigenvalue weighted by Gasteiger charge is 2.17. The van der Waals surface area contributed by atoms with Gasteiger partial charge in [-0.25, -0.2) is 4.79 Å². The van der Waals surface area contributed by atoms with Crippen molar-refractivity contribution in [2.75, 3.05) is 7.11 Å². The molecule has 0 unspecified atom stereocenters. The summed E-state index contributed by atoms with van der Waals surface area (Å²) in [7, 11) is 1.34. The van der Waals surface area contributed by atoms with Gasteiger partial charge in [-0.15, -0.1) is 0 Å². The van der Waals surface area contributed by atoms with Gasteiger partial charge in [0, 0.05) is 6.42 Å². The quantitative estimate of drug-likeness (QED) is 0.652. The van der Waals surface area contributed by atoms with Gasteiger partial charge in [-0.2, -0.15) is 0 Å². The Bertz CT molecular complexity index is 285. The SMILES string of the molecule is COC1=CC(C(=O)O)=CCC1=O. The summed E-state index contributed by atoms with van der Waals surface area (Å²) in [6.45, 7) is 0. The summed E-state index contributed by atoms with van der Waals surface area (Å²) >= 11 is 0. The lowest BCUT2D eigenvalue weighted by Crippen LogP contribution is -2.11. The second-order valence-electron chi connectivity index (χ2n) is 2.30. The number of ketones is 1. The maximum absolute atomic E-state index is 11.0. The second-order valence-corrected chi connectivity index (χ2v) is 2.30. The molecule has 1 N–H and O–H groups in total. The number of hydrogen-bond acceptors (Lipinski definition) is 3. The minimum absolute atomic E-state index is 0.0985. The maximum atomic E-state index is 11.0. The normalized spacial score (nSPS) is 16.6. The first-order chi connectivity index (χ1) is 5.65. The van der Waals surface area contributed by atoms with E-state index >= 15 is 0 Å². The van der Waals surface area contributed by atoms with Crippen LogP contribution in [-0.2, 0) is 14.3 Å². The molecule has 0 atom stereocenters. The summed E-state index contributed by atoms with van der Waals surface area (Å²) in [6.07, 6.45) is 2.70. The fourth-order valence-electron chi connectivity index (χ4n) is 0.906. The van der Waals surface area contributed by atoms with Gasteiger partial charge in [0.1, 0.15) is 0 Å². The number of carbonyl (C=O) groups is 2. The van der Waals surface area contributed by atoms with Gasteiger partial charge in [0.2, 0.25) is 5.78 Å². The van der Waals surface area contributed by atoms with Crippen molar-refractivity contribution in [3.05, 3.63) is 23.5 Å². The van der Waals surface area contributed by atoms with E-state index in [9.17, 15) is 9.59 Å². The van der Waals surface area contributed by atoms with Crippen LogP contribution in [0, 0.1) is 0 Å². The Morgan fingerprint density at radius 3 is 2.83 bits per heavy atom. The molecule has 0 radical (unpaired) electrons. The number of methoxy groups -OCH3 is 1. The maximum Gasteiger partial charge on any atom is 0.335 e. The van der Waals surface area contributed by atoms with E-state index in [1.54, 1.807) is 0 Å². The molecule has 4 heteroatoms. The molecule has 1 aliphatic carbocycles. The fraction of sp³-hybridized carbons (Fsp3) is 0.250. The van der Waals surface area contributed by atoms with E-state index in [1.807, 2.05) is 0 Å². The van der Waals surface area contributed by atoms with Crippen molar-refractivity contribution >= 4 is 11.8 Å². The first-order valence-corrected chi connectivity index (χ1v) is 3.37. The van der Waals surface area contributed by atoms with Crippen LogP contribution in [0.1, 0.15) is 6.42 Å². The molecule has 0 saturated heterocycles. The number of Topliss-reactive ketones (excluding diaryl/α,β-unsaturated/α-hetero) is 1. The minimum Gasteiger partial charge on any atom is -0.493 e. The zero-order valence-electron chi connectivity index (χ0n) is 6.53. The first-order valence-electron chi connectivity index (χ1n) is 3.37. The van der Waals surface area contributed by atoms with Crippen LogP contribution >= 0.6 is 0 Å². The number of carboxylic acid groups (broad SMARTS) is 1. The Morgan fingerprint density at radius 2 is 2.33 bits per heavy atom. The second kappa shape index (κ2) is 3.21. The number of hydrogen-bond donors (Lipinski definition) is 1. The largest absolute Gasteiger partial charge is 0.493 e. The van der Waals surface area contributed by atoms with Crippen LogP contribution in [0.3, 0.4) is 0 Å². The lowest BCUT2D eigenvalue weighted by atomic mass is 10.0. The molecule has 1 aliphatic rings. The molecule has 1 rings (SSSR count). The Kier molecular flexibility index (Phi) is 2.28. The molecule has 4 nitrogen and oxygen atoms in total. The molecule has 0 aromatic heterocycles. The molecule has 0 heterocycles. The molecule has 0 aromatic rings. The molecule has 0 saturated carbocycles. The number of carbonyl (C=O) groups excluding carboxylic acids is 1. The third kappa shape index (κ3) is 1.53. The molecule has 64 valence electrons. The highest BCUT2D eigenvalue weighted by Crippen LogP contribution is 2.14. The summed E-state index contributed by atoms with van der Waals surface area (Å²) in [6, 6.07) is 0. The number of ether oxygens (including phenoxy) is 1. The average Bonchev–Trinajstić information content (AvgIpc) is 2.05. The summed E-state index contributed by atoms with van der Waals surface area (Å²) < 4.78 is 4.69. The number of rotatable bonds is 2.